The van der Waals surface area contributed by atoms with Crippen LogP contribution in [0.2, 0.25) is 0 Å². The number of aromatic nitrogens is 1. The lowest BCUT2D eigenvalue weighted by Crippen LogP contribution is -2.12. The Bertz CT molecular complexity index is 738. The first kappa shape index (κ1) is 15.0. The summed E-state index contributed by atoms with van der Waals surface area (Å²) >= 11 is 0. The minimum atomic E-state index is -3.31. The molecule has 2 N–H and O–H groups in total. The highest BCUT2D eigenvalue weighted by Crippen LogP contribution is 2.15. The largest absolute Gasteiger partial charge is 0.322 e. The minimum absolute atomic E-state index is 0.272. The molecule has 0 aliphatic carbocycles. The number of nitrogens with one attached hydrogen (secondary N) is 2. The molecular formula is C14H15N3O3S. The third-order valence-electron chi connectivity index (χ3n) is 2.62. The molecule has 0 saturated carbocycles. The minimum Gasteiger partial charge on any atom is -0.322 e. The molecule has 110 valence electrons. The van der Waals surface area contributed by atoms with E-state index in [1.165, 1.54) is 6.20 Å². The molecule has 0 unspecified atom stereocenters. The van der Waals surface area contributed by atoms with Crippen LogP contribution in [0.1, 0.15) is 16.1 Å². The van der Waals surface area contributed by atoms with Crippen molar-refractivity contribution < 1.29 is 13.2 Å². The van der Waals surface area contributed by atoms with Crippen LogP contribution in [0.3, 0.4) is 0 Å². The smallest absolute Gasteiger partial charge is 0.257 e. The van der Waals surface area contributed by atoms with Crippen LogP contribution in [0.5, 0.6) is 0 Å². The summed E-state index contributed by atoms with van der Waals surface area (Å²) in [5.74, 6) is -0.272. The fourth-order valence-electron chi connectivity index (χ4n) is 1.64. The van der Waals surface area contributed by atoms with Crippen LogP contribution >= 0.6 is 0 Å². The summed E-state index contributed by atoms with van der Waals surface area (Å²) in [6, 6.07) is 9.83. The van der Waals surface area contributed by atoms with Crippen molar-refractivity contribution in [3.8, 4) is 0 Å². The van der Waals surface area contributed by atoms with E-state index in [1.807, 2.05) is 6.92 Å². The van der Waals surface area contributed by atoms with Crippen LogP contribution < -0.4 is 10.0 Å². The Labute approximate surface area is 123 Å². The van der Waals surface area contributed by atoms with Crippen LogP contribution in [-0.4, -0.2) is 25.6 Å². The SMILES string of the molecule is Cc1ccc(C(=O)Nc2ccc(NS(C)(=O)=O)cc2)cn1. The molecule has 0 atom stereocenters. The monoisotopic (exact) mass is 305 g/mol. The highest BCUT2D eigenvalue weighted by atomic mass is 32.2. The quantitative estimate of drug-likeness (QED) is 0.904. The fourth-order valence-corrected chi connectivity index (χ4v) is 2.21. The number of carbonyl (C=O) groups excluding carboxylic acids is 1. The number of nitrogens with zero attached hydrogens (tertiary/aromatic N) is 1. The highest BCUT2D eigenvalue weighted by molar-refractivity contribution is 7.92. The third-order valence-corrected chi connectivity index (χ3v) is 3.23. The lowest BCUT2D eigenvalue weighted by Gasteiger charge is -2.07. The Hall–Kier alpha value is -2.41. The van der Waals surface area contributed by atoms with E-state index in [-0.39, 0.29) is 5.91 Å². The van der Waals surface area contributed by atoms with Crippen molar-refractivity contribution >= 4 is 27.3 Å². The predicted molar refractivity (Wildman–Crippen MR) is 81.8 cm³/mol. The third kappa shape index (κ3) is 4.57. The molecule has 0 fully saturated rings. The molecule has 0 spiro atoms. The first-order valence-electron chi connectivity index (χ1n) is 6.15. The van der Waals surface area contributed by atoms with Gasteiger partial charge in [0.15, 0.2) is 0 Å². The molecule has 2 aromatic rings. The van der Waals surface area contributed by atoms with Crippen molar-refractivity contribution in [1.29, 1.82) is 0 Å². The van der Waals surface area contributed by atoms with E-state index < -0.39 is 10.0 Å². The van der Waals surface area contributed by atoms with Gasteiger partial charge in [0.1, 0.15) is 0 Å². The molecular weight excluding hydrogens is 290 g/mol. The number of amides is 1. The summed E-state index contributed by atoms with van der Waals surface area (Å²) in [6.45, 7) is 1.84. The van der Waals surface area contributed by atoms with Crippen LogP contribution in [0.4, 0.5) is 11.4 Å². The van der Waals surface area contributed by atoms with Gasteiger partial charge in [-0.2, -0.15) is 0 Å². The number of carbonyl (C=O) groups is 1. The van der Waals surface area contributed by atoms with Gasteiger partial charge in [0.05, 0.1) is 11.8 Å². The zero-order chi connectivity index (χ0) is 15.5. The van der Waals surface area contributed by atoms with Crippen molar-refractivity contribution in [3.05, 3.63) is 53.9 Å². The van der Waals surface area contributed by atoms with Gasteiger partial charge in [-0.1, -0.05) is 0 Å². The first-order chi connectivity index (χ1) is 9.83. The van der Waals surface area contributed by atoms with Gasteiger partial charge >= 0.3 is 0 Å². The molecule has 1 heterocycles. The van der Waals surface area contributed by atoms with Crippen LogP contribution in [-0.2, 0) is 10.0 Å². The van der Waals surface area contributed by atoms with Crippen molar-refractivity contribution in [2.75, 3.05) is 16.3 Å². The second-order valence-corrected chi connectivity index (χ2v) is 6.34. The molecule has 0 aliphatic heterocycles. The van der Waals surface area contributed by atoms with Gasteiger partial charge in [0, 0.05) is 23.3 Å². The van der Waals surface area contributed by atoms with Gasteiger partial charge in [-0.05, 0) is 43.3 Å². The van der Waals surface area contributed by atoms with E-state index in [1.54, 1.807) is 36.4 Å². The first-order valence-corrected chi connectivity index (χ1v) is 8.04. The van der Waals surface area contributed by atoms with Crippen LogP contribution in [0.15, 0.2) is 42.6 Å². The van der Waals surface area contributed by atoms with Gasteiger partial charge in [0.25, 0.3) is 5.91 Å². The van der Waals surface area contributed by atoms with E-state index in [4.69, 9.17) is 0 Å². The number of aryl methyl sites for hydroxylation is 1. The average Bonchev–Trinajstić information content (AvgIpc) is 2.40. The van der Waals surface area contributed by atoms with Crippen molar-refractivity contribution in [3.63, 3.8) is 0 Å². The Balaban J connectivity index is 2.06. The lowest BCUT2D eigenvalue weighted by molar-refractivity contribution is 0.102. The summed E-state index contributed by atoms with van der Waals surface area (Å²) in [5, 5.41) is 2.71. The number of pyridine rings is 1. The molecule has 0 radical (unpaired) electrons. The number of anilines is 2. The molecule has 1 amide bonds. The maximum absolute atomic E-state index is 12.0. The van der Waals surface area contributed by atoms with E-state index >= 15 is 0 Å². The number of hydrogen-bond donors (Lipinski definition) is 2. The standard InChI is InChI=1S/C14H15N3O3S/c1-10-3-4-11(9-15-10)14(18)16-12-5-7-13(8-6-12)17-21(2,19)20/h3-9,17H,1-2H3,(H,16,18). The second-order valence-electron chi connectivity index (χ2n) is 4.59. The van der Waals surface area contributed by atoms with E-state index in [0.717, 1.165) is 11.9 Å². The molecule has 21 heavy (non-hydrogen) atoms. The molecule has 6 nitrogen and oxygen atoms in total. The van der Waals surface area contributed by atoms with Crippen molar-refractivity contribution in [2.24, 2.45) is 0 Å². The predicted octanol–water partition coefficient (Wildman–Crippen LogP) is 2.01. The van der Waals surface area contributed by atoms with Crippen LogP contribution in [0, 0.1) is 6.92 Å². The number of sulfonamides is 1. The summed E-state index contributed by atoms with van der Waals surface area (Å²) < 4.78 is 24.5. The molecule has 1 aromatic heterocycles. The summed E-state index contributed by atoms with van der Waals surface area (Å²) in [4.78, 5) is 16.0. The van der Waals surface area contributed by atoms with Gasteiger partial charge in [-0.25, -0.2) is 8.42 Å². The van der Waals surface area contributed by atoms with Gasteiger partial charge < -0.3 is 5.32 Å². The molecule has 0 aliphatic rings. The Kier molecular flexibility index (Phi) is 4.23. The Morgan fingerprint density at radius 2 is 1.67 bits per heavy atom. The topological polar surface area (TPSA) is 88.2 Å². The molecule has 2 rings (SSSR count). The lowest BCUT2D eigenvalue weighted by atomic mass is 10.2. The molecule has 7 heteroatoms. The van der Waals surface area contributed by atoms with E-state index in [2.05, 4.69) is 15.0 Å². The Morgan fingerprint density at radius 3 is 2.19 bits per heavy atom. The number of rotatable bonds is 4. The number of benzene rings is 1. The second kappa shape index (κ2) is 5.92. The summed E-state index contributed by atoms with van der Waals surface area (Å²) in [6.07, 6.45) is 2.58. The highest BCUT2D eigenvalue weighted by Gasteiger charge is 2.07. The van der Waals surface area contributed by atoms with Crippen molar-refractivity contribution in [2.45, 2.75) is 6.92 Å². The van der Waals surface area contributed by atoms with E-state index in [9.17, 15) is 13.2 Å². The zero-order valence-electron chi connectivity index (χ0n) is 11.6. The fraction of sp³-hybridized carbons (Fsp3) is 0.143. The normalized spacial score (nSPS) is 11.0. The van der Waals surface area contributed by atoms with Crippen molar-refractivity contribution in [1.82, 2.24) is 4.98 Å². The summed E-state index contributed by atoms with van der Waals surface area (Å²) in [5.41, 5.74) is 2.30. The van der Waals surface area contributed by atoms with E-state index in [0.29, 0.717) is 16.9 Å². The average molecular weight is 305 g/mol. The van der Waals surface area contributed by atoms with Gasteiger partial charge in [0.2, 0.25) is 10.0 Å². The number of hydrogen-bond acceptors (Lipinski definition) is 4. The molecule has 1 aromatic carbocycles. The molecule has 0 saturated heterocycles. The Morgan fingerprint density at radius 1 is 1.05 bits per heavy atom. The maximum atomic E-state index is 12.0. The summed E-state index contributed by atoms with van der Waals surface area (Å²) in [7, 11) is -3.31. The zero-order valence-corrected chi connectivity index (χ0v) is 12.4. The maximum Gasteiger partial charge on any atom is 0.257 e. The molecule has 0 bridgehead atoms. The van der Waals surface area contributed by atoms with Gasteiger partial charge in [-0.15, -0.1) is 0 Å². The van der Waals surface area contributed by atoms with Crippen LogP contribution in [0.25, 0.3) is 0 Å². The van der Waals surface area contributed by atoms with Gasteiger partial charge in [-0.3, -0.25) is 14.5 Å².